The maximum Gasteiger partial charge on any atom is 0.180 e. The third-order valence-electron chi connectivity index (χ3n) is 17.6. The summed E-state index contributed by atoms with van der Waals surface area (Å²) in [5, 5.41) is 16.1. The molecule has 0 radical (unpaired) electrons. The molecular weight excluding hydrogens is 961 g/mol. The van der Waals surface area contributed by atoms with E-state index in [0.29, 0.717) is 0 Å². The molecule has 14 aromatic rings. The van der Waals surface area contributed by atoms with Gasteiger partial charge in [0.15, 0.2) is 16.1 Å². The van der Waals surface area contributed by atoms with Gasteiger partial charge in [0.1, 0.15) is 0 Å². The summed E-state index contributed by atoms with van der Waals surface area (Å²) in [5.74, 6) is 0. The van der Waals surface area contributed by atoms with Crippen molar-refractivity contribution in [2.75, 3.05) is 0 Å². The monoisotopic (exact) mass is 1010 g/mol. The molecule has 0 aliphatic carbocycles. The summed E-state index contributed by atoms with van der Waals surface area (Å²) < 4.78 is 5.13. The zero-order chi connectivity index (χ0) is 50.7. The normalized spacial score (nSPS) is 13.9. The van der Waals surface area contributed by atoms with Crippen molar-refractivity contribution in [2.24, 2.45) is 0 Å². The maximum absolute atomic E-state index is 3.00. The molecule has 0 saturated carbocycles. The third-order valence-corrected chi connectivity index (χ3v) is 27.3. The Morgan fingerprint density at radius 3 is 1.27 bits per heavy atom. The Morgan fingerprint density at radius 2 is 0.727 bits per heavy atom. The van der Waals surface area contributed by atoms with Gasteiger partial charge in [-0.25, -0.2) is 0 Å². The Labute approximate surface area is 450 Å². The molecule has 0 saturated heterocycles. The number of hydrogen-bond acceptors (Lipinski definition) is 0. The minimum Gasteiger partial charge on any atom is -0.309 e. The van der Waals surface area contributed by atoms with Gasteiger partial charge < -0.3 is 9.13 Å². The molecular formula is C73H50N2Si2. The van der Waals surface area contributed by atoms with Crippen LogP contribution < -0.4 is 41.5 Å². The van der Waals surface area contributed by atoms with Crippen LogP contribution >= 0.6 is 0 Å². The third kappa shape index (κ3) is 5.83. The highest BCUT2D eigenvalue weighted by atomic mass is 28.3. The Morgan fingerprint density at radius 1 is 0.286 bits per heavy atom. The van der Waals surface area contributed by atoms with E-state index in [1.165, 1.54) is 113 Å². The van der Waals surface area contributed by atoms with Crippen LogP contribution in [-0.2, 0) is 5.41 Å². The van der Waals surface area contributed by atoms with E-state index in [2.05, 4.69) is 312 Å². The van der Waals surface area contributed by atoms with Crippen LogP contribution in [0.5, 0.6) is 0 Å². The zero-order valence-electron chi connectivity index (χ0n) is 42.3. The van der Waals surface area contributed by atoms with Crippen LogP contribution in [0.3, 0.4) is 0 Å². The second-order valence-electron chi connectivity index (χ2n) is 21.0. The van der Waals surface area contributed by atoms with Crippen LogP contribution in [-0.4, -0.2) is 25.3 Å². The van der Waals surface area contributed by atoms with Gasteiger partial charge in [-0.2, -0.15) is 0 Å². The molecule has 12 aromatic carbocycles. The lowest BCUT2D eigenvalue weighted by atomic mass is 9.62. The quantitative estimate of drug-likeness (QED) is 0.111. The number of nitrogens with zero attached hydrogens (tertiary/aromatic N) is 2. The summed E-state index contributed by atoms with van der Waals surface area (Å²) in [6.45, 7) is 0. The van der Waals surface area contributed by atoms with Crippen molar-refractivity contribution in [3.05, 3.63) is 326 Å². The molecule has 4 heterocycles. The number of hydrogen-bond donors (Lipinski definition) is 0. The van der Waals surface area contributed by atoms with Crippen LogP contribution in [0.15, 0.2) is 303 Å². The largest absolute Gasteiger partial charge is 0.309 e. The smallest absolute Gasteiger partial charge is 0.180 e. The second kappa shape index (κ2) is 16.8. The highest BCUT2D eigenvalue weighted by molar-refractivity contribution is 7.21. The minimum absolute atomic E-state index is 0.697. The van der Waals surface area contributed by atoms with Crippen LogP contribution in [0.1, 0.15) is 22.3 Å². The molecule has 0 fully saturated rings. The molecule has 0 amide bonds. The summed E-state index contributed by atoms with van der Waals surface area (Å²) >= 11 is 0. The van der Waals surface area contributed by atoms with E-state index in [9.17, 15) is 0 Å². The van der Waals surface area contributed by atoms with Gasteiger partial charge in [-0.05, 0) is 100 Å². The number of aromatic nitrogens is 2. The molecule has 0 atom stereocenters. The molecule has 2 aliphatic heterocycles. The minimum atomic E-state index is -3.00. The van der Waals surface area contributed by atoms with E-state index in [1.54, 1.807) is 0 Å². The maximum atomic E-state index is 2.67. The van der Waals surface area contributed by atoms with Crippen molar-refractivity contribution >= 4 is 101 Å². The summed E-state index contributed by atoms with van der Waals surface area (Å²) in [5.41, 5.74) is 11.9. The lowest BCUT2D eigenvalue weighted by molar-refractivity contribution is 0.733. The molecule has 0 N–H and O–H groups in total. The summed E-state index contributed by atoms with van der Waals surface area (Å²) in [4.78, 5) is 0. The lowest BCUT2D eigenvalue weighted by Crippen LogP contribution is -2.79. The first-order valence-corrected chi connectivity index (χ1v) is 30.9. The van der Waals surface area contributed by atoms with Gasteiger partial charge in [-0.1, -0.05) is 267 Å². The summed E-state index contributed by atoms with van der Waals surface area (Å²) in [6, 6.07) is 116. The zero-order valence-corrected chi connectivity index (χ0v) is 44.3. The molecule has 2 aromatic heterocycles. The first-order chi connectivity index (χ1) is 38.2. The predicted octanol–water partition coefficient (Wildman–Crippen LogP) is 11.6. The van der Waals surface area contributed by atoms with Gasteiger partial charge in [-0.3, -0.25) is 0 Å². The summed E-state index contributed by atoms with van der Waals surface area (Å²) in [7, 11) is -5.98. The van der Waals surface area contributed by atoms with Crippen LogP contribution in [0.4, 0.5) is 0 Å². The molecule has 0 bridgehead atoms. The van der Waals surface area contributed by atoms with Crippen molar-refractivity contribution < 1.29 is 0 Å². The van der Waals surface area contributed by atoms with E-state index >= 15 is 0 Å². The Hall–Kier alpha value is -9.33. The van der Waals surface area contributed by atoms with Crippen molar-refractivity contribution in [3.8, 4) is 11.4 Å². The topological polar surface area (TPSA) is 9.86 Å². The standard InChI is InChI=1S/C73H50N2Si2/c1-6-25-52(26-7-1)76(53-27-8-2-9-28-53,54-29-10-3-11-30-54)57-46-47-62-69(50-57)75-68-48-45-51(74-66-41-20-16-35-58(66)59-36-17-21-42-67(59)74)49-61(68)60-37-24-40-65(72(60)75)73(62)63-38-18-22-43-70(63)77(55-31-12-4-13-32-55,56-33-14-5-15-34-56)71-44-23-19-39-64(71)73/h1-50H. The molecule has 1 spiro atoms. The van der Waals surface area contributed by atoms with Crippen LogP contribution in [0, 0.1) is 0 Å². The SMILES string of the molecule is c1ccc([Si](c2ccccc2)(c2ccccc2)c2ccc3c(c2)-n2c4ccc(-n5c6ccccc6c6ccccc65)cc4c4cccc(c42)C32c3ccccc3[Si](c3ccccc3)(c3ccccc3)c3ccccc32)cc1. The fourth-order valence-electron chi connectivity index (χ4n) is 14.7. The molecule has 2 nitrogen and oxygen atoms in total. The van der Waals surface area contributed by atoms with Gasteiger partial charge in [0.2, 0.25) is 0 Å². The van der Waals surface area contributed by atoms with E-state index in [0.717, 1.165) is 5.69 Å². The summed E-state index contributed by atoms with van der Waals surface area (Å²) in [6.07, 6.45) is 0. The van der Waals surface area contributed by atoms with Crippen molar-refractivity contribution in [1.82, 2.24) is 9.13 Å². The molecule has 4 heteroatoms. The Bertz CT molecular complexity index is 4380. The van der Waals surface area contributed by atoms with E-state index in [-0.39, 0.29) is 0 Å². The van der Waals surface area contributed by atoms with Gasteiger partial charge in [0, 0.05) is 27.2 Å². The fraction of sp³-hybridized carbons (Fsp3) is 0.0137. The predicted molar refractivity (Wildman–Crippen MR) is 328 cm³/mol. The van der Waals surface area contributed by atoms with Gasteiger partial charge in [0.05, 0.1) is 33.2 Å². The average Bonchev–Trinajstić information content (AvgIpc) is 4.23. The van der Waals surface area contributed by atoms with E-state index in [1.807, 2.05) is 0 Å². The highest BCUT2D eigenvalue weighted by Gasteiger charge is 2.57. The Balaban J connectivity index is 1.08. The van der Waals surface area contributed by atoms with Crippen molar-refractivity contribution in [3.63, 3.8) is 0 Å². The number of fused-ring (bicyclic) bond motifs is 14. The first-order valence-electron chi connectivity index (χ1n) is 26.9. The van der Waals surface area contributed by atoms with Crippen LogP contribution in [0.25, 0.3) is 55.0 Å². The molecule has 16 rings (SSSR count). The second-order valence-corrected chi connectivity index (χ2v) is 28.6. The van der Waals surface area contributed by atoms with Crippen molar-refractivity contribution in [1.29, 1.82) is 0 Å². The van der Waals surface area contributed by atoms with Gasteiger partial charge in [-0.15, -0.1) is 0 Å². The molecule has 360 valence electrons. The molecule has 2 aliphatic rings. The van der Waals surface area contributed by atoms with Gasteiger partial charge in [0.25, 0.3) is 0 Å². The average molecular weight is 1010 g/mol. The highest BCUT2D eigenvalue weighted by Crippen LogP contribution is 2.55. The van der Waals surface area contributed by atoms with Gasteiger partial charge >= 0.3 is 0 Å². The fourth-order valence-corrected chi connectivity index (χ4v) is 24.8. The first kappa shape index (κ1) is 44.0. The number of para-hydroxylation sites is 3. The molecule has 0 unspecified atom stereocenters. The number of rotatable bonds is 7. The van der Waals surface area contributed by atoms with Crippen LogP contribution in [0.2, 0.25) is 0 Å². The lowest BCUT2D eigenvalue weighted by Gasteiger charge is -2.51. The van der Waals surface area contributed by atoms with Crippen molar-refractivity contribution in [2.45, 2.75) is 5.41 Å². The van der Waals surface area contributed by atoms with E-state index < -0.39 is 21.6 Å². The van der Waals surface area contributed by atoms with E-state index in [4.69, 9.17) is 0 Å². The number of benzene rings is 12. The Kier molecular flexibility index (Phi) is 9.63. The molecule has 77 heavy (non-hydrogen) atoms.